The average molecular weight is 348 g/mol. The van der Waals surface area contributed by atoms with Crippen molar-refractivity contribution < 1.29 is 22.7 Å². The smallest absolute Gasteiger partial charge is 0.407 e. The summed E-state index contributed by atoms with van der Waals surface area (Å²) in [5.41, 5.74) is 0.642. The van der Waals surface area contributed by atoms with E-state index in [-0.39, 0.29) is 25.0 Å². The summed E-state index contributed by atoms with van der Waals surface area (Å²) in [5, 5.41) is 11.3. The van der Waals surface area contributed by atoms with Crippen LogP contribution in [0.15, 0.2) is 42.5 Å². The fourth-order valence-corrected chi connectivity index (χ4v) is 2.20. The van der Waals surface area contributed by atoms with Crippen molar-refractivity contribution in [2.45, 2.75) is 25.5 Å². The summed E-state index contributed by atoms with van der Waals surface area (Å²) in [6, 6.07) is 11.2. The van der Waals surface area contributed by atoms with Gasteiger partial charge in [0.1, 0.15) is 12.4 Å². The normalized spacial score (nSPS) is 11.4. The number of carbonyl (C=O) groups is 1. The zero-order valence-corrected chi connectivity index (χ0v) is 13.1. The molecule has 2 rings (SSSR count). The van der Waals surface area contributed by atoms with Crippen LogP contribution < -0.4 is 5.32 Å². The molecular formula is C18H15F3N2O2. The van der Waals surface area contributed by atoms with Gasteiger partial charge in [-0.05, 0) is 23.6 Å². The van der Waals surface area contributed by atoms with Crippen LogP contribution in [0.3, 0.4) is 0 Å². The van der Waals surface area contributed by atoms with Crippen LogP contribution >= 0.6 is 0 Å². The molecule has 0 aliphatic heterocycles. The van der Waals surface area contributed by atoms with Crippen molar-refractivity contribution in [2.75, 3.05) is 0 Å². The first kappa shape index (κ1) is 18.3. The monoisotopic (exact) mass is 348 g/mol. The fourth-order valence-electron chi connectivity index (χ4n) is 2.20. The number of ether oxygens (including phenoxy) is 1. The Morgan fingerprint density at radius 2 is 1.80 bits per heavy atom. The summed E-state index contributed by atoms with van der Waals surface area (Å²) >= 11 is 0. The molecular weight excluding hydrogens is 333 g/mol. The highest BCUT2D eigenvalue weighted by Crippen LogP contribution is 2.16. The number of halogens is 3. The molecule has 4 nitrogen and oxygen atoms in total. The number of nitriles is 1. The highest BCUT2D eigenvalue weighted by atomic mass is 19.2. The van der Waals surface area contributed by atoms with E-state index in [1.165, 1.54) is 0 Å². The second-order valence-electron chi connectivity index (χ2n) is 5.33. The van der Waals surface area contributed by atoms with Crippen molar-refractivity contribution in [2.24, 2.45) is 0 Å². The molecule has 0 aromatic heterocycles. The Bertz CT molecular complexity index is 776. The van der Waals surface area contributed by atoms with Crippen molar-refractivity contribution >= 4 is 6.09 Å². The summed E-state index contributed by atoms with van der Waals surface area (Å²) in [7, 11) is 0. The molecule has 1 N–H and O–H groups in total. The molecule has 0 unspecified atom stereocenters. The summed E-state index contributed by atoms with van der Waals surface area (Å²) in [6.07, 6.45) is -1.09. The van der Waals surface area contributed by atoms with Gasteiger partial charge in [0.05, 0.1) is 12.5 Å². The van der Waals surface area contributed by atoms with E-state index in [1.807, 2.05) is 12.1 Å². The third-order valence-electron chi connectivity index (χ3n) is 3.43. The Labute approximate surface area is 142 Å². The van der Waals surface area contributed by atoms with Gasteiger partial charge in [0.2, 0.25) is 0 Å². The minimum Gasteiger partial charge on any atom is -0.445 e. The standard InChI is InChI=1S/C18H15F3N2O2/c19-15-10-17(21)16(20)9-13(15)8-14(6-7-22)23-18(24)25-11-12-4-2-1-3-5-12/h1-5,9-10,14H,6,8,11H2,(H,23,24)/t14-/m0/s1. The molecule has 0 fully saturated rings. The molecule has 1 amide bonds. The minimum atomic E-state index is -1.30. The number of hydrogen-bond donors (Lipinski definition) is 1. The highest BCUT2D eigenvalue weighted by molar-refractivity contribution is 5.67. The first-order chi connectivity index (χ1) is 12.0. The van der Waals surface area contributed by atoms with Gasteiger partial charge < -0.3 is 10.1 Å². The Kier molecular flexibility index (Phi) is 6.40. The van der Waals surface area contributed by atoms with Crippen LogP contribution in [0.4, 0.5) is 18.0 Å². The maximum Gasteiger partial charge on any atom is 0.407 e. The van der Waals surface area contributed by atoms with Crippen LogP contribution in [-0.4, -0.2) is 12.1 Å². The third kappa shape index (κ3) is 5.53. The second kappa shape index (κ2) is 8.73. The largest absolute Gasteiger partial charge is 0.445 e. The molecule has 0 aliphatic rings. The summed E-state index contributed by atoms with van der Waals surface area (Å²) in [5.74, 6) is -3.44. The van der Waals surface area contributed by atoms with Gasteiger partial charge in [0.25, 0.3) is 0 Å². The van der Waals surface area contributed by atoms with Crippen LogP contribution in [-0.2, 0) is 17.8 Å². The van der Waals surface area contributed by atoms with E-state index in [9.17, 15) is 18.0 Å². The first-order valence-electron chi connectivity index (χ1n) is 7.47. The molecule has 0 radical (unpaired) electrons. The Morgan fingerprint density at radius 3 is 2.48 bits per heavy atom. The lowest BCUT2D eigenvalue weighted by Crippen LogP contribution is -2.36. The summed E-state index contributed by atoms with van der Waals surface area (Å²) in [6.45, 7) is 0.0332. The first-order valence-corrected chi connectivity index (χ1v) is 7.47. The molecule has 1 atom stereocenters. The minimum absolute atomic E-state index is 0.0332. The van der Waals surface area contributed by atoms with Crippen molar-refractivity contribution in [3.05, 3.63) is 71.0 Å². The van der Waals surface area contributed by atoms with Crippen molar-refractivity contribution in [3.63, 3.8) is 0 Å². The van der Waals surface area contributed by atoms with E-state index in [4.69, 9.17) is 10.00 Å². The van der Waals surface area contributed by atoms with Crippen LogP contribution in [0, 0.1) is 28.8 Å². The Morgan fingerprint density at radius 1 is 1.12 bits per heavy atom. The Hall–Kier alpha value is -3.01. The van der Waals surface area contributed by atoms with Crippen LogP contribution in [0.5, 0.6) is 0 Å². The molecule has 130 valence electrons. The average Bonchev–Trinajstić information content (AvgIpc) is 2.59. The molecule has 25 heavy (non-hydrogen) atoms. The van der Waals surface area contributed by atoms with Crippen molar-refractivity contribution in [3.8, 4) is 6.07 Å². The van der Waals surface area contributed by atoms with Gasteiger partial charge in [-0.2, -0.15) is 5.26 Å². The number of amides is 1. The number of carbonyl (C=O) groups excluding carboxylic acids is 1. The number of benzene rings is 2. The van der Waals surface area contributed by atoms with Crippen LogP contribution in [0.25, 0.3) is 0 Å². The SMILES string of the molecule is N#CC[C@@H](Cc1cc(F)c(F)cc1F)NC(=O)OCc1ccccc1. The molecule has 0 saturated carbocycles. The highest BCUT2D eigenvalue weighted by Gasteiger charge is 2.18. The van der Waals surface area contributed by atoms with E-state index in [1.54, 1.807) is 24.3 Å². The zero-order valence-electron chi connectivity index (χ0n) is 13.1. The molecule has 2 aromatic rings. The Balaban J connectivity index is 1.97. The second-order valence-corrected chi connectivity index (χ2v) is 5.33. The van der Waals surface area contributed by atoms with E-state index < -0.39 is 29.6 Å². The summed E-state index contributed by atoms with van der Waals surface area (Å²) < 4.78 is 44.9. The fraction of sp³-hybridized carbons (Fsp3) is 0.222. The van der Waals surface area contributed by atoms with Gasteiger partial charge in [-0.25, -0.2) is 18.0 Å². The quantitative estimate of drug-likeness (QED) is 0.807. The molecule has 7 heteroatoms. The number of alkyl carbamates (subject to hydrolysis) is 1. The van der Waals surface area contributed by atoms with Crippen molar-refractivity contribution in [1.82, 2.24) is 5.32 Å². The molecule has 0 saturated heterocycles. The van der Waals surface area contributed by atoms with Gasteiger partial charge in [-0.3, -0.25) is 0 Å². The maximum absolute atomic E-state index is 13.7. The predicted molar refractivity (Wildman–Crippen MR) is 83.8 cm³/mol. The van der Waals surface area contributed by atoms with Gasteiger partial charge in [0.15, 0.2) is 11.6 Å². The molecule has 0 aliphatic carbocycles. The van der Waals surface area contributed by atoms with Crippen molar-refractivity contribution in [1.29, 1.82) is 5.26 Å². The molecule has 2 aromatic carbocycles. The van der Waals surface area contributed by atoms with E-state index in [0.717, 1.165) is 5.56 Å². The zero-order chi connectivity index (χ0) is 18.2. The maximum atomic E-state index is 13.7. The number of hydrogen-bond acceptors (Lipinski definition) is 3. The topological polar surface area (TPSA) is 62.1 Å². The third-order valence-corrected chi connectivity index (χ3v) is 3.43. The predicted octanol–water partition coefficient (Wildman–Crippen LogP) is 3.86. The van der Waals surface area contributed by atoms with Gasteiger partial charge in [-0.15, -0.1) is 0 Å². The summed E-state index contributed by atoms with van der Waals surface area (Å²) in [4.78, 5) is 11.8. The number of rotatable bonds is 6. The van der Waals surface area contributed by atoms with Crippen LogP contribution in [0.1, 0.15) is 17.5 Å². The lowest BCUT2D eigenvalue weighted by Gasteiger charge is -2.16. The molecule has 0 spiro atoms. The van der Waals surface area contributed by atoms with Gasteiger partial charge in [0, 0.05) is 12.1 Å². The number of nitrogens with one attached hydrogen (secondary N) is 1. The van der Waals surface area contributed by atoms with Crippen LogP contribution in [0.2, 0.25) is 0 Å². The van der Waals surface area contributed by atoms with E-state index in [0.29, 0.717) is 12.1 Å². The number of nitrogens with zero attached hydrogens (tertiary/aromatic N) is 1. The van der Waals surface area contributed by atoms with Gasteiger partial charge >= 0.3 is 6.09 Å². The van der Waals surface area contributed by atoms with Gasteiger partial charge in [-0.1, -0.05) is 30.3 Å². The molecule has 0 heterocycles. The van der Waals surface area contributed by atoms with E-state index in [2.05, 4.69) is 5.32 Å². The lowest BCUT2D eigenvalue weighted by atomic mass is 10.0. The lowest BCUT2D eigenvalue weighted by molar-refractivity contribution is 0.135. The van der Waals surface area contributed by atoms with E-state index >= 15 is 0 Å². The molecule has 0 bridgehead atoms.